The number of fused-ring (bicyclic) bond motifs is 1. The average molecular weight is 447 g/mol. The van der Waals surface area contributed by atoms with Crippen molar-refractivity contribution in [3.05, 3.63) is 88.7 Å². The molecule has 2 heterocycles. The molecule has 0 fully saturated rings. The molecule has 0 radical (unpaired) electrons. The fraction of sp³-hybridized carbons (Fsp3) is 0.136. The van der Waals surface area contributed by atoms with Gasteiger partial charge >= 0.3 is 6.18 Å². The number of benzene rings is 2. The number of aliphatic hydroxyl groups excluding tert-OH is 1. The first kappa shape index (κ1) is 21.0. The maximum atomic E-state index is 13.0. The van der Waals surface area contributed by atoms with E-state index >= 15 is 0 Å². The van der Waals surface area contributed by atoms with Gasteiger partial charge in [0.15, 0.2) is 0 Å². The molecule has 160 valence electrons. The Bertz CT molecular complexity index is 1200. The third-order valence-corrected chi connectivity index (χ3v) is 5.95. The highest BCUT2D eigenvalue weighted by atomic mass is 32.1. The second kappa shape index (κ2) is 8.09. The van der Waals surface area contributed by atoms with Crippen molar-refractivity contribution in [1.82, 2.24) is 5.32 Å². The van der Waals surface area contributed by atoms with E-state index in [0.29, 0.717) is 10.3 Å². The molecule has 0 aliphatic carbocycles. The number of furan rings is 1. The predicted molar refractivity (Wildman–Crippen MR) is 109 cm³/mol. The summed E-state index contributed by atoms with van der Waals surface area (Å²) in [6, 6.07) is 13.7. The van der Waals surface area contributed by atoms with Gasteiger partial charge in [0.2, 0.25) is 0 Å². The molecule has 2 unspecified atom stereocenters. The van der Waals surface area contributed by atoms with E-state index in [1.807, 2.05) is 0 Å². The molecule has 0 saturated carbocycles. The zero-order valence-corrected chi connectivity index (χ0v) is 16.6. The molecule has 3 N–H and O–H groups in total. The zero-order valence-electron chi connectivity index (χ0n) is 15.8. The van der Waals surface area contributed by atoms with Crippen molar-refractivity contribution in [2.24, 2.45) is 0 Å². The van der Waals surface area contributed by atoms with Crippen LogP contribution in [-0.2, 0) is 6.18 Å². The highest BCUT2D eigenvalue weighted by molar-refractivity contribution is 7.21. The summed E-state index contributed by atoms with van der Waals surface area (Å²) >= 11 is 0.856. The summed E-state index contributed by atoms with van der Waals surface area (Å²) in [5.41, 5.74) is -0.396. The van der Waals surface area contributed by atoms with E-state index in [2.05, 4.69) is 5.32 Å². The minimum atomic E-state index is -4.57. The molecule has 5 nitrogen and oxygen atoms in total. The lowest BCUT2D eigenvalue weighted by Crippen LogP contribution is -2.32. The topological polar surface area (TPSA) is 82.7 Å². The van der Waals surface area contributed by atoms with Crippen molar-refractivity contribution in [2.75, 3.05) is 0 Å². The summed E-state index contributed by atoms with van der Waals surface area (Å²) in [6.07, 6.45) is -4.35. The maximum absolute atomic E-state index is 13.0. The van der Waals surface area contributed by atoms with Crippen LogP contribution in [0.15, 0.2) is 71.3 Å². The molecular formula is C22H16F3NO4S. The number of hydrogen-bond acceptors (Lipinski definition) is 5. The van der Waals surface area contributed by atoms with Gasteiger partial charge in [-0.15, -0.1) is 11.3 Å². The Labute approximate surface area is 178 Å². The molecule has 0 aliphatic heterocycles. The number of amides is 1. The Hall–Kier alpha value is -3.30. The molecule has 0 aliphatic rings. The summed E-state index contributed by atoms with van der Waals surface area (Å²) in [5, 5.41) is 23.8. The Balaban J connectivity index is 1.67. The Morgan fingerprint density at radius 3 is 2.45 bits per heavy atom. The summed E-state index contributed by atoms with van der Waals surface area (Å²) in [4.78, 5) is 12.8. The van der Waals surface area contributed by atoms with Crippen molar-refractivity contribution in [3.8, 4) is 5.75 Å². The Morgan fingerprint density at radius 1 is 1.06 bits per heavy atom. The zero-order chi connectivity index (χ0) is 22.2. The molecule has 9 heteroatoms. The first-order chi connectivity index (χ1) is 14.8. The molecule has 0 bridgehead atoms. The lowest BCUT2D eigenvalue weighted by Gasteiger charge is -2.22. The van der Waals surface area contributed by atoms with E-state index in [0.717, 1.165) is 23.5 Å². The summed E-state index contributed by atoms with van der Waals surface area (Å²) in [6.45, 7) is 0. The van der Waals surface area contributed by atoms with Gasteiger partial charge < -0.3 is 19.9 Å². The van der Waals surface area contributed by atoms with Crippen molar-refractivity contribution in [3.63, 3.8) is 0 Å². The SMILES string of the molecule is O=C(NC(c1ccco1)C(O)c1ccccc1)c1sc2ccc(C(F)(F)F)cc2c1O. The highest BCUT2D eigenvalue weighted by Crippen LogP contribution is 2.41. The van der Waals surface area contributed by atoms with Crippen LogP contribution in [0.1, 0.15) is 38.7 Å². The lowest BCUT2D eigenvalue weighted by atomic mass is 10.00. The molecule has 1 amide bonds. The molecule has 2 aromatic carbocycles. The number of rotatable bonds is 5. The highest BCUT2D eigenvalue weighted by Gasteiger charge is 2.32. The van der Waals surface area contributed by atoms with Crippen LogP contribution >= 0.6 is 11.3 Å². The van der Waals surface area contributed by atoms with Gasteiger partial charge in [-0.05, 0) is 35.9 Å². The van der Waals surface area contributed by atoms with Gasteiger partial charge in [0.1, 0.15) is 28.5 Å². The Kier molecular flexibility index (Phi) is 5.47. The number of halogens is 3. The third-order valence-electron chi connectivity index (χ3n) is 4.79. The minimum Gasteiger partial charge on any atom is -0.506 e. The number of hydrogen-bond donors (Lipinski definition) is 3. The second-order valence-corrected chi connectivity index (χ2v) is 7.86. The van der Waals surface area contributed by atoms with Gasteiger partial charge in [0.05, 0.1) is 11.8 Å². The molecule has 2 aromatic heterocycles. The molecule has 0 saturated heterocycles. The van der Waals surface area contributed by atoms with Gasteiger partial charge in [0.25, 0.3) is 5.91 Å². The lowest BCUT2D eigenvalue weighted by molar-refractivity contribution is -0.137. The summed E-state index contributed by atoms with van der Waals surface area (Å²) < 4.78 is 44.7. The van der Waals surface area contributed by atoms with Gasteiger partial charge in [-0.3, -0.25) is 4.79 Å². The fourth-order valence-corrected chi connectivity index (χ4v) is 4.22. The van der Waals surface area contributed by atoms with Crippen LogP contribution in [0.2, 0.25) is 0 Å². The second-order valence-electron chi connectivity index (χ2n) is 6.81. The number of thiophene rings is 1. The first-order valence-electron chi connectivity index (χ1n) is 9.15. The van der Waals surface area contributed by atoms with Crippen molar-refractivity contribution >= 4 is 27.3 Å². The standard InChI is InChI=1S/C22H16F3NO4S/c23-22(24,25)13-8-9-16-14(11-13)19(28)20(31-16)21(29)26-17(15-7-4-10-30-15)18(27)12-5-2-1-3-6-12/h1-11,17-18,27-28H,(H,26,29). The van der Waals surface area contributed by atoms with Crippen LogP contribution in [0.3, 0.4) is 0 Å². The van der Waals surface area contributed by atoms with Crippen LogP contribution in [0.5, 0.6) is 5.75 Å². The number of alkyl halides is 3. The van der Waals surface area contributed by atoms with Gasteiger partial charge in [-0.1, -0.05) is 30.3 Å². The largest absolute Gasteiger partial charge is 0.506 e. The average Bonchev–Trinajstić information content (AvgIpc) is 3.39. The van der Waals surface area contributed by atoms with Gasteiger partial charge in [0, 0.05) is 10.1 Å². The molecule has 4 aromatic rings. The van der Waals surface area contributed by atoms with Crippen LogP contribution in [0.25, 0.3) is 10.1 Å². The van der Waals surface area contributed by atoms with Gasteiger partial charge in [-0.25, -0.2) is 0 Å². The third kappa shape index (κ3) is 4.14. The number of carbonyl (C=O) groups is 1. The summed E-state index contributed by atoms with van der Waals surface area (Å²) in [5.74, 6) is -1.01. The number of aliphatic hydroxyl groups is 1. The van der Waals surface area contributed by atoms with E-state index < -0.39 is 35.5 Å². The monoisotopic (exact) mass is 447 g/mol. The molecule has 31 heavy (non-hydrogen) atoms. The Morgan fingerprint density at radius 2 is 1.81 bits per heavy atom. The molecule has 0 spiro atoms. The van der Waals surface area contributed by atoms with E-state index in [-0.39, 0.29) is 16.0 Å². The number of nitrogens with one attached hydrogen (secondary N) is 1. The molecule has 4 rings (SSSR count). The van der Waals surface area contributed by atoms with Crippen LogP contribution in [-0.4, -0.2) is 16.1 Å². The van der Waals surface area contributed by atoms with E-state index in [1.165, 1.54) is 12.3 Å². The van der Waals surface area contributed by atoms with E-state index in [4.69, 9.17) is 4.42 Å². The van der Waals surface area contributed by atoms with Crippen LogP contribution in [0.4, 0.5) is 13.2 Å². The molecule has 2 atom stereocenters. The fourth-order valence-electron chi connectivity index (χ4n) is 3.24. The van der Waals surface area contributed by atoms with Crippen LogP contribution < -0.4 is 5.32 Å². The predicted octanol–water partition coefficient (Wildman–Crippen LogP) is 5.42. The first-order valence-corrected chi connectivity index (χ1v) is 9.97. The normalized spacial score (nSPS) is 13.8. The minimum absolute atomic E-state index is 0.0665. The summed E-state index contributed by atoms with van der Waals surface area (Å²) in [7, 11) is 0. The van der Waals surface area contributed by atoms with Crippen molar-refractivity contribution in [2.45, 2.75) is 18.3 Å². The van der Waals surface area contributed by atoms with Gasteiger partial charge in [-0.2, -0.15) is 13.2 Å². The van der Waals surface area contributed by atoms with Crippen molar-refractivity contribution < 1.29 is 32.6 Å². The smallest absolute Gasteiger partial charge is 0.416 e. The molecular weight excluding hydrogens is 431 g/mol. The van der Waals surface area contributed by atoms with E-state index in [1.54, 1.807) is 42.5 Å². The number of aromatic hydroxyl groups is 1. The van der Waals surface area contributed by atoms with Crippen molar-refractivity contribution in [1.29, 1.82) is 0 Å². The van der Waals surface area contributed by atoms with Crippen LogP contribution in [0, 0.1) is 0 Å². The van der Waals surface area contributed by atoms with E-state index in [9.17, 15) is 28.2 Å². The number of carbonyl (C=O) groups excluding carboxylic acids is 1. The quantitative estimate of drug-likeness (QED) is 0.381. The maximum Gasteiger partial charge on any atom is 0.416 e.